The summed E-state index contributed by atoms with van der Waals surface area (Å²) in [5.41, 5.74) is 1.74. The van der Waals surface area contributed by atoms with Gasteiger partial charge in [-0.25, -0.2) is 0 Å². The molecule has 0 amide bonds. The first-order valence-corrected chi connectivity index (χ1v) is 8.97. The molecular weight excluding hydrogens is 320 g/mol. The summed E-state index contributed by atoms with van der Waals surface area (Å²) in [7, 11) is 0. The minimum absolute atomic E-state index is 0.530. The molecule has 0 N–H and O–H groups in total. The van der Waals surface area contributed by atoms with Gasteiger partial charge in [-0.2, -0.15) is 0 Å². The van der Waals surface area contributed by atoms with Crippen LogP contribution < -0.4 is 0 Å². The van der Waals surface area contributed by atoms with Crippen molar-refractivity contribution in [1.29, 1.82) is 0 Å². The molecule has 1 aromatic rings. The highest BCUT2D eigenvalue weighted by Gasteiger charge is 2.59. The van der Waals surface area contributed by atoms with E-state index in [9.17, 15) is 0 Å². The third-order valence-corrected chi connectivity index (χ3v) is 7.07. The van der Waals surface area contributed by atoms with E-state index in [0.717, 1.165) is 16.3 Å². The molecule has 4 heteroatoms. The zero-order valence-corrected chi connectivity index (χ0v) is 14.1. The standard InChI is InChI=1S/C15H21BrN2S/c1-13-3-10-4-14(2,7-13)9-15(5-10,8-13)6-11-17-18-12(16)19-11/h10H,3-9H2,1-2H3. The Morgan fingerprint density at radius 1 is 1.11 bits per heavy atom. The first kappa shape index (κ1) is 12.8. The molecular formula is C15H21BrN2S. The molecule has 4 aliphatic carbocycles. The van der Waals surface area contributed by atoms with E-state index in [4.69, 9.17) is 0 Å². The average molecular weight is 341 g/mol. The maximum Gasteiger partial charge on any atom is 0.183 e. The fourth-order valence-electron chi connectivity index (χ4n) is 6.51. The number of hydrogen-bond acceptors (Lipinski definition) is 3. The van der Waals surface area contributed by atoms with Gasteiger partial charge in [0.25, 0.3) is 0 Å². The van der Waals surface area contributed by atoms with Gasteiger partial charge >= 0.3 is 0 Å². The van der Waals surface area contributed by atoms with E-state index in [1.54, 1.807) is 11.3 Å². The van der Waals surface area contributed by atoms with E-state index in [1.165, 1.54) is 43.5 Å². The molecule has 2 unspecified atom stereocenters. The second kappa shape index (κ2) is 3.82. The van der Waals surface area contributed by atoms with Crippen molar-refractivity contribution in [3.8, 4) is 0 Å². The summed E-state index contributed by atoms with van der Waals surface area (Å²) in [6.07, 6.45) is 9.85. The molecule has 0 aliphatic heterocycles. The molecule has 4 fully saturated rings. The highest BCUT2D eigenvalue weighted by molar-refractivity contribution is 9.11. The van der Waals surface area contributed by atoms with Crippen LogP contribution in [0.25, 0.3) is 0 Å². The van der Waals surface area contributed by atoms with E-state index in [0.29, 0.717) is 16.2 Å². The van der Waals surface area contributed by atoms with Gasteiger partial charge in [-0.3, -0.25) is 0 Å². The Balaban J connectivity index is 1.67. The maximum atomic E-state index is 4.36. The molecule has 19 heavy (non-hydrogen) atoms. The Morgan fingerprint density at radius 2 is 1.79 bits per heavy atom. The van der Waals surface area contributed by atoms with E-state index in [-0.39, 0.29) is 0 Å². The fourth-order valence-corrected chi connectivity index (χ4v) is 7.88. The first-order valence-electron chi connectivity index (χ1n) is 7.36. The van der Waals surface area contributed by atoms with Crippen LogP contribution in [0.2, 0.25) is 0 Å². The summed E-state index contributed by atoms with van der Waals surface area (Å²) in [5.74, 6) is 0.975. The van der Waals surface area contributed by atoms with Crippen molar-refractivity contribution in [2.24, 2.45) is 22.2 Å². The van der Waals surface area contributed by atoms with Crippen molar-refractivity contribution in [2.75, 3.05) is 0 Å². The Kier molecular flexibility index (Phi) is 2.56. The highest BCUT2D eigenvalue weighted by Crippen LogP contribution is 2.70. The average Bonchev–Trinajstić information content (AvgIpc) is 2.56. The van der Waals surface area contributed by atoms with Crippen molar-refractivity contribution in [3.05, 3.63) is 8.92 Å². The molecule has 0 spiro atoms. The first-order chi connectivity index (χ1) is 8.88. The second-order valence-corrected chi connectivity index (χ2v) is 10.6. The predicted octanol–water partition coefficient (Wildman–Crippen LogP) is 4.84. The van der Waals surface area contributed by atoms with Crippen LogP contribution in [0, 0.1) is 22.2 Å². The number of rotatable bonds is 2. The molecule has 0 aromatic carbocycles. The fraction of sp³-hybridized carbons (Fsp3) is 0.867. The summed E-state index contributed by atoms with van der Waals surface area (Å²) in [5, 5.41) is 9.73. The Labute approximate surface area is 127 Å². The lowest BCUT2D eigenvalue weighted by Gasteiger charge is -2.65. The van der Waals surface area contributed by atoms with Gasteiger partial charge in [-0.15, -0.1) is 10.2 Å². The van der Waals surface area contributed by atoms with Crippen LogP contribution in [0.4, 0.5) is 0 Å². The predicted molar refractivity (Wildman–Crippen MR) is 81.2 cm³/mol. The summed E-state index contributed by atoms with van der Waals surface area (Å²) in [4.78, 5) is 0. The maximum absolute atomic E-state index is 4.36. The Morgan fingerprint density at radius 3 is 2.32 bits per heavy atom. The normalized spacial score (nSPS) is 47.8. The lowest BCUT2D eigenvalue weighted by atomic mass is 9.40. The van der Waals surface area contributed by atoms with Crippen LogP contribution in [0.1, 0.15) is 57.4 Å². The molecule has 0 radical (unpaired) electrons. The second-order valence-electron chi connectivity index (χ2n) is 8.26. The van der Waals surface area contributed by atoms with Crippen LogP contribution in [-0.2, 0) is 6.42 Å². The van der Waals surface area contributed by atoms with Crippen LogP contribution >= 0.6 is 27.3 Å². The molecule has 1 heterocycles. The number of hydrogen-bond donors (Lipinski definition) is 0. The minimum Gasteiger partial charge on any atom is -0.143 e. The molecule has 0 saturated heterocycles. The van der Waals surface area contributed by atoms with Gasteiger partial charge in [0.15, 0.2) is 3.92 Å². The van der Waals surface area contributed by atoms with Crippen molar-refractivity contribution >= 4 is 27.3 Å². The van der Waals surface area contributed by atoms with Gasteiger partial charge in [0, 0.05) is 6.42 Å². The Hall–Kier alpha value is 0.0400. The molecule has 2 nitrogen and oxygen atoms in total. The molecule has 4 bridgehead atoms. The summed E-state index contributed by atoms with van der Waals surface area (Å²) >= 11 is 5.18. The van der Waals surface area contributed by atoms with Gasteiger partial charge < -0.3 is 0 Å². The van der Waals surface area contributed by atoms with Crippen molar-refractivity contribution in [2.45, 2.75) is 58.8 Å². The van der Waals surface area contributed by atoms with Gasteiger partial charge in [0.2, 0.25) is 0 Å². The summed E-state index contributed by atoms with van der Waals surface area (Å²) < 4.78 is 0.935. The van der Waals surface area contributed by atoms with Gasteiger partial charge in [-0.1, -0.05) is 25.2 Å². The topological polar surface area (TPSA) is 25.8 Å². The number of halogens is 1. The van der Waals surface area contributed by atoms with E-state index in [1.807, 2.05) is 0 Å². The molecule has 2 atom stereocenters. The van der Waals surface area contributed by atoms with Crippen molar-refractivity contribution in [3.63, 3.8) is 0 Å². The largest absolute Gasteiger partial charge is 0.183 e. The molecule has 1 aromatic heterocycles. The van der Waals surface area contributed by atoms with Crippen molar-refractivity contribution in [1.82, 2.24) is 10.2 Å². The van der Waals surface area contributed by atoms with E-state index < -0.39 is 0 Å². The van der Waals surface area contributed by atoms with E-state index in [2.05, 4.69) is 40.0 Å². The summed E-state index contributed by atoms with van der Waals surface area (Å²) in [6, 6.07) is 0. The van der Waals surface area contributed by atoms with Gasteiger partial charge in [0.05, 0.1) is 0 Å². The molecule has 104 valence electrons. The van der Waals surface area contributed by atoms with Gasteiger partial charge in [-0.05, 0) is 76.6 Å². The quantitative estimate of drug-likeness (QED) is 0.769. The smallest absolute Gasteiger partial charge is 0.143 e. The lowest BCUT2D eigenvalue weighted by molar-refractivity contribution is -0.144. The molecule has 4 saturated carbocycles. The zero-order chi connectivity index (χ0) is 13.3. The van der Waals surface area contributed by atoms with Crippen molar-refractivity contribution < 1.29 is 0 Å². The van der Waals surface area contributed by atoms with Crippen LogP contribution in [0.3, 0.4) is 0 Å². The highest BCUT2D eigenvalue weighted by atomic mass is 79.9. The molecule has 5 rings (SSSR count). The zero-order valence-electron chi connectivity index (χ0n) is 11.7. The monoisotopic (exact) mass is 340 g/mol. The molecule has 4 aliphatic rings. The minimum atomic E-state index is 0.530. The van der Waals surface area contributed by atoms with Crippen LogP contribution in [0.15, 0.2) is 3.92 Å². The number of nitrogens with zero attached hydrogens (tertiary/aromatic N) is 2. The number of aromatic nitrogens is 2. The lowest BCUT2D eigenvalue weighted by Crippen LogP contribution is -2.55. The third kappa shape index (κ3) is 2.10. The van der Waals surface area contributed by atoms with E-state index >= 15 is 0 Å². The van der Waals surface area contributed by atoms with Gasteiger partial charge in [0.1, 0.15) is 5.01 Å². The van der Waals surface area contributed by atoms with Crippen LogP contribution in [-0.4, -0.2) is 10.2 Å². The summed E-state index contributed by atoms with van der Waals surface area (Å²) in [6.45, 7) is 5.08. The SMILES string of the molecule is CC12CC3CC(C)(C1)CC(Cc1nnc(Br)s1)(C3)C2. The third-order valence-electron chi connectivity index (χ3n) is 5.71. The Bertz CT molecular complexity index is 508. The van der Waals surface area contributed by atoms with Crippen LogP contribution in [0.5, 0.6) is 0 Å².